The Bertz CT molecular complexity index is 337. The second-order valence-corrected chi connectivity index (χ2v) is 6.75. The topological polar surface area (TPSA) is 26.3 Å². The second kappa shape index (κ2) is 5.46. The summed E-state index contributed by atoms with van der Waals surface area (Å²) in [6.45, 7) is 12.2. The van der Waals surface area contributed by atoms with Crippen molar-refractivity contribution in [1.29, 1.82) is 0 Å². The van der Waals surface area contributed by atoms with Gasteiger partial charge in [-0.25, -0.2) is 0 Å². The van der Waals surface area contributed by atoms with Crippen molar-refractivity contribution in [3.05, 3.63) is 11.6 Å². The molecule has 0 aliphatic heterocycles. The van der Waals surface area contributed by atoms with Crippen molar-refractivity contribution < 1.29 is 9.53 Å². The van der Waals surface area contributed by atoms with Gasteiger partial charge in [-0.3, -0.25) is 4.79 Å². The molecule has 0 N–H and O–H groups in total. The molecule has 0 fully saturated rings. The van der Waals surface area contributed by atoms with E-state index in [-0.39, 0.29) is 11.4 Å². The van der Waals surface area contributed by atoms with Crippen LogP contribution in [0.25, 0.3) is 0 Å². The van der Waals surface area contributed by atoms with Crippen molar-refractivity contribution in [2.24, 2.45) is 11.3 Å². The molecule has 0 aromatic heterocycles. The van der Waals surface area contributed by atoms with Crippen LogP contribution in [0.15, 0.2) is 11.6 Å². The zero-order valence-corrected chi connectivity index (χ0v) is 12.8. The SMILES string of the molecule is CCC(C)(C)C(=O)OC(C)(C)C1=CCC(C)CC1. The molecule has 0 saturated heterocycles. The van der Waals surface area contributed by atoms with Crippen LogP contribution in [-0.2, 0) is 9.53 Å². The van der Waals surface area contributed by atoms with Crippen LogP contribution < -0.4 is 0 Å². The van der Waals surface area contributed by atoms with Crippen molar-refractivity contribution in [3.63, 3.8) is 0 Å². The fourth-order valence-corrected chi connectivity index (χ4v) is 2.09. The first-order valence-electron chi connectivity index (χ1n) is 7.12. The molecule has 0 radical (unpaired) electrons. The summed E-state index contributed by atoms with van der Waals surface area (Å²) in [5, 5.41) is 0. The first-order valence-corrected chi connectivity index (χ1v) is 7.12. The summed E-state index contributed by atoms with van der Waals surface area (Å²) in [7, 11) is 0. The maximum Gasteiger partial charge on any atom is 0.312 e. The number of allylic oxidation sites excluding steroid dienone is 1. The van der Waals surface area contributed by atoms with Gasteiger partial charge in [0, 0.05) is 0 Å². The molecule has 1 aliphatic carbocycles. The number of esters is 1. The highest BCUT2D eigenvalue weighted by molar-refractivity contribution is 5.76. The molecule has 0 amide bonds. The van der Waals surface area contributed by atoms with Crippen molar-refractivity contribution >= 4 is 5.97 Å². The summed E-state index contributed by atoms with van der Waals surface area (Å²) in [5.74, 6) is 0.668. The zero-order chi connectivity index (χ0) is 14.0. The molecule has 1 rings (SSSR count). The Balaban J connectivity index is 2.73. The Hall–Kier alpha value is -0.790. The predicted molar refractivity (Wildman–Crippen MR) is 75.3 cm³/mol. The lowest BCUT2D eigenvalue weighted by molar-refractivity contribution is -0.164. The summed E-state index contributed by atoms with van der Waals surface area (Å²) in [6, 6.07) is 0. The van der Waals surface area contributed by atoms with Gasteiger partial charge in [-0.2, -0.15) is 0 Å². The lowest BCUT2D eigenvalue weighted by atomic mass is 9.83. The molecular weight excluding hydrogens is 224 g/mol. The summed E-state index contributed by atoms with van der Waals surface area (Å²) in [5.41, 5.74) is 0.435. The fraction of sp³-hybridized carbons (Fsp3) is 0.812. The first kappa shape index (κ1) is 15.3. The predicted octanol–water partition coefficient (Wildman–Crippen LogP) is 4.49. The standard InChI is InChI=1S/C16H28O2/c1-7-15(3,4)14(17)18-16(5,6)13-10-8-12(2)9-11-13/h10,12H,7-9,11H2,1-6H3. The number of rotatable bonds is 4. The van der Waals surface area contributed by atoms with Gasteiger partial charge < -0.3 is 4.74 Å². The normalized spacial score (nSPS) is 21.4. The molecule has 1 aliphatic rings. The van der Waals surface area contributed by atoms with E-state index >= 15 is 0 Å². The molecule has 1 unspecified atom stereocenters. The van der Waals surface area contributed by atoms with E-state index in [2.05, 4.69) is 13.0 Å². The second-order valence-electron chi connectivity index (χ2n) is 6.75. The van der Waals surface area contributed by atoms with Crippen LogP contribution in [0.3, 0.4) is 0 Å². The van der Waals surface area contributed by atoms with Gasteiger partial charge in [0.1, 0.15) is 5.60 Å². The summed E-state index contributed by atoms with van der Waals surface area (Å²) in [4.78, 5) is 12.2. The molecular formula is C16H28O2. The lowest BCUT2D eigenvalue weighted by Gasteiger charge is -2.34. The molecule has 0 heterocycles. The molecule has 104 valence electrons. The highest BCUT2D eigenvalue weighted by Gasteiger charge is 2.35. The van der Waals surface area contributed by atoms with Gasteiger partial charge in [0.15, 0.2) is 0 Å². The summed E-state index contributed by atoms with van der Waals surface area (Å²) < 4.78 is 5.76. The van der Waals surface area contributed by atoms with Gasteiger partial charge in [0.2, 0.25) is 0 Å². The van der Waals surface area contributed by atoms with Crippen molar-refractivity contribution in [2.75, 3.05) is 0 Å². The Morgan fingerprint density at radius 1 is 1.39 bits per heavy atom. The number of carbonyl (C=O) groups excluding carboxylic acids is 1. The van der Waals surface area contributed by atoms with E-state index in [0.29, 0.717) is 0 Å². The fourth-order valence-electron chi connectivity index (χ4n) is 2.09. The first-order chi connectivity index (χ1) is 8.19. The van der Waals surface area contributed by atoms with Crippen LogP contribution >= 0.6 is 0 Å². The van der Waals surface area contributed by atoms with Crippen LogP contribution in [0.1, 0.15) is 67.2 Å². The lowest BCUT2D eigenvalue weighted by Crippen LogP contribution is -2.37. The van der Waals surface area contributed by atoms with E-state index < -0.39 is 5.60 Å². The molecule has 0 saturated carbocycles. The van der Waals surface area contributed by atoms with E-state index in [0.717, 1.165) is 25.2 Å². The van der Waals surface area contributed by atoms with Gasteiger partial charge in [-0.1, -0.05) is 19.9 Å². The Kier molecular flexibility index (Phi) is 4.63. The molecule has 0 aromatic rings. The highest BCUT2D eigenvalue weighted by atomic mass is 16.6. The van der Waals surface area contributed by atoms with Gasteiger partial charge in [-0.15, -0.1) is 0 Å². The van der Waals surface area contributed by atoms with Gasteiger partial charge in [0.05, 0.1) is 5.41 Å². The summed E-state index contributed by atoms with van der Waals surface area (Å²) in [6.07, 6.45) is 6.42. The average Bonchev–Trinajstić information content (AvgIpc) is 2.29. The number of hydrogen-bond donors (Lipinski definition) is 0. The zero-order valence-electron chi connectivity index (χ0n) is 12.8. The molecule has 18 heavy (non-hydrogen) atoms. The van der Waals surface area contributed by atoms with Crippen LogP contribution in [0.5, 0.6) is 0 Å². The van der Waals surface area contributed by atoms with Gasteiger partial charge in [-0.05, 0) is 64.9 Å². The van der Waals surface area contributed by atoms with Crippen LogP contribution in [-0.4, -0.2) is 11.6 Å². The van der Waals surface area contributed by atoms with Crippen LogP contribution in [0, 0.1) is 11.3 Å². The molecule has 0 bridgehead atoms. The maximum absolute atomic E-state index is 12.2. The number of ether oxygens (including phenoxy) is 1. The third-order valence-electron chi connectivity index (χ3n) is 4.23. The van der Waals surface area contributed by atoms with Crippen molar-refractivity contribution in [3.8, 4) is 0 Å². The third kappa shape index (κ3) is 3.60. The van der Waals surface area contributed by atoms with Crippen LogP contribution in [0.4, 0.5) is 0 Å². The smallest absolute Gasteiger partial charge is 0.312 e. The Labute approximate surface area is 112 Å². The quantitative estimate of drug-likeness (QED) is 0.544. The van der Waals surface area contributed by atoms with E-state index in [1.165, 1.54) is 12.0 Å². The molecule has 2 heteroatoms. The Morgan fingerprint density at radius 3 is 2.44 bits per heavy atom. The van der Waals surface area contributed by atoms with E-state index in [1.807, 2.05) is 34.6 Å². The van der Waals surface area contributed by atoms with Crippen LogP contribution in [0.2, 0.25) is 0 Å². The van der Waals surface area contributed by atoms with Crippen molar-refractivity contribution in [2.45, 2.75) is 72.8 Å². The number of hydrogen-bond acceptors (Lipinski definition) is 2. The average molecular weight is 252 g/mol. The minimum absolute atomic E-state index is 0.0884. The van der Waals surface area contributed by atoms with Crippen molar-refractivity contribution in [1.82, 2.24) is 0 Å². The third-order valence-corrected chi connectivity index (χ3v) is 4.23. The van der Waals surface area contributed by atoms with E-state index in [4.69, 9.17) is 4.74 Å². The van der Waals surface area contributed by atoms with Gasteiger partial charge in [0.25, 0.3) is 0 Å². The molecule has 1 atom stereocenters. The van der Waals surface area contributed by atoms with E-state index in [9.17, 15) is 4.79 Å². The minimum Gasteiger partial charge on any atom is -0.455 e. The molecule has 0 aromatic carbocycles. The Morgan fingerprint density at radius 2 is 2.00 bits per heavy atom. The molecule has 2 nitrogen and oxygen atoms in total. The molecule has 0 spiro atoms. The van der Waals surface area contributed by atoms with Gasteiger partial charge >= 0.3 is 5.97 Å². The number of carbonyl (C=O) groups is 1. The minimum atomic E-state index is -0.455. The summed E-state index contributed by atoms with van der Waals surface area (Å²) >= 11 is 0. The highest BCUT2D eigenvalue weighted by Crippen LogP contribution is 2.34. The monoisotopic (exact) mass is 252 g/mol. The largest absolute Gasteiger partial charge is 0.455 e. The maximum atomic E-state index is 12.2. The van der Waals surface area contributed by atoms with E-state index in [1.54, 1.807) is 0 Å².